The Labute approximate surface area is 264 Å². The molecule has 0 aliphatic carbocycles. The van der Waals surface area contributed by atoms with Gasteiger partial charge in [0.2, 0.25) is 5.16 Å². The molecule has 0 saturated carbocycles. The van der Waals surface area contributed by atoms with Crippen molar-refractivity contribution in [2.24, 2.45) is 11.5 Å². The van der Waals surface area contributed by atoms with Gasteiger partial charge in [-0.15, -0.1) is 0 Å². The summed E-state index contributed by atoms with van der Waals surface area (Å²) in [5.74, 6) is -1.30. The van der Waals surface area contributed by atoms with Crippen molar-refractivity contribution in [3.63, 3.8) is 0 Å². The highest BCUT2D eigenvalue weighted by atomic mass is 32.2. The Hall–Kier alpha value is -4.64. The van der Waals surface area contributed by atoms with Gasteiger partial charge in [0, 0.05) is 23.5 Å². The Morgan fingerprint density at radius 3 is 2.43 bits per heavy atom. The van der Waals surface area contributed by atoms with Gasteiger partial charge in [-0.05, 0) is 43.7 Å². The van der Waals surface area contributed by atoms with Crippen LogP contribution >= 0.6 is 0 Å². The average molecular weight is 682 g/mol. The molecule has 0 spiro atoms. The van der Waals surface area contributed by atoms with Crippen molar-refractivity contribution in [3.05, 3.63) is 77.8 Å². The number of nitrogens with zero attached hydrogens (tertiary/aromatic N) is 3. The van der Waals surface area contributed by atoms with Gasteiger partial charge in [0.25, 0.3) is 15.9 Å². The number of allylic oxidation sites excluding steroid dienone is 1. The number of alkyl halides is 3. The Morgan fingerprint density at radius 2 is 1.74 bits per heavy atom. The third kappa shape index (κ3) is 8.14. The third-order valence-corrected chi connectivity index (χ3v) is 9.33. The van der Waals surface area contributed by atoms with Gasteiger partial charge < -0.3 is 25.7 Å². The minimum absolute atomic E-state index is 0.0236. The fraction of sp³-hybridized carbons (Fsp3) is 0.276. The first kappa shape index (κ1) is 34.2. The molecular formula is C29H30F3N5O7S2. The quantitative estimate of drug-likeness (QED) is 0.199. The summed E-state index contributed by atoms with van der Waals surface area (Å²) in [6, 6.07) is 11.1. The summed E-state index contributed by atoms with van der Waals surface area (Å²) in [5, 5.41) is -0.351. The molecule has 12 nitrogen and oxygen atoms in total. The number of halogens is 3. The molecule has 1 atom stereocenters. The molecule has 1 unspecified atom stereocenters. The normalized spacial score (nSPS) is 13.0. The molecule has 17 heteroatoms. The van der Waals surface area contributed by atoms with Gasteiger partial charge in [-0.2, -0.15) is 13.2 Å². The molecule has 0 aliphatic heterocycles. The highest BCUT2D eigenvalue weighted by Crippen LogP contribution is 2.34. The van der Waals surface area contributed by atoms with Crippen molar-refractivity contribution < 1.29 is 44.8 Å². The second kappa shape index (κ2) is 14.2. The molecule has 0 bridgehead atoms. The molecule has 4 aromatic rings. The minimum Gasteiger partial charge on any atom is -0.484 e. The van der Waals surface area contributed by atoms with Crippen LogP contribution in [0, 0.1) is 6.92 Å². The lowest BCUT2D eigenvalue weighted by Gasteiger charge is -2.16. The Bertz CT molecular complexity index is 1910. The number of fused-ring (bicyclic) bond motifs is 1. The van der Waals surface area contributed by atoms with Crippen molar-refractivity contribution in [1.29, 1.82) is 0 Å². The van der Waals surface area contributed by atoms with Gasteiger partial charge in [-0.1, -0.05) is 25.1 Å². The number of amides is 1. The number of nitrogens with two attached hydrogens (primary N) is 2. The van der Waals surface area contributed by atoms with Crippen LogP contribution in [0.5, 0.6) is 17.2 Å². The van der Waals surface area contributed by atoms with Crippen molar-refractivity contribution in [3.8, 4) is 17.2 Å². The van der Waals surface area contributed by atoms with Gasteiger partial charge in [-0.3, -0.25) is 14.0 Å². The van der Waals surface area contributed by atoms with Crippen LogP contribution in [0.2, 0.25) is 0 Å². The van der Waals surface area contributed by atoms with E-state index >= 15 is 0 Å². The fourth-order valence-corrected chi connectivity index (χ4v) is 7.25. The number of ether oxygens (including phenoxy) is 3. The number of hydrogen-bond acceptors (Lipinski definition) is 10. The average Bonchev–Trinajstić information content (AvgIpc) is 3.40. The number of hydrogen-bond donors (Lipinski definition) is 2. The number of primary amides is 1. The van der Waals surface area contributed by atoms with E-state index in [1.54, 1.807) is 18.2 Å². The molecule has 0 radical (unpaired) electrons. The maximum atomic E-state index is 14.2. The van der Waals surface area contributed by atoms with E-state index in [9.17, 15) is 30.6 Å². The monoisotopic (exact) mass is 681 g/mol. The van der Waals surface area contributed by atoms with E-state index in [0.29, 0.717) is 12.1 Å². The second-order valence-corrected chi connectivity index (χ2v) is 12.9. The van der Waals surface area contributed by atoms with Gasteiger partial charge in [0.05, 0.1) is 38.2 Å². The summed E-state index contributed by atoms with van der Waals surface area (Å²) >= 11 is 0. The molecular weight excluding hydrogens is 651 g/mol. The van der Waals surface area contributed by atoms with E-state index < -0.39 is 46.1 Å². The molecule has 1 amide bonds. The zero-order valence-corrected chi connectivity index (χ0v) is 26.2. The highest BCUT2D eigenvalue weighted by Gasteiger charge is 2.31. The van der Waals surface area contributed by atoms with E-state index in [4.69, 9.17) is 25.7 Å². The summed E-state index contributed by atoms with van der Waals surface area (Å²) in [7, 11) is -6.70. The van der Waals surface area contributed by atoms with Gasteiger partial charge in [0.1, 0.15) is 12.4 Å². The number of imidazole rings is 1. The first-order valence-corrected chi connectivity index (χ1v) is 16.3. The first-order chi connectivity index (χ1) is 21.7. The number of para-hydroxylation sites is 2. The summed E-state index contributed by atoms with van der Waals surface area (Å²) in [6.07, 6.45) is -1.04. The molecule has 2 aromatic heterocycles. The van der Waals surface area contributed by atoms with Crippen LogP contribution in [-0.2, 0) is 31.4 Å². The predicted molar refractivity (Wildman–Crippen MR) is 162 cm³/mol. The highest BCUT2D eigenvalue weighted by molar-refractivity contribution is 7.91. The number of benzene rings is 2. The predicted octanol–water partition coefficient (Wildman–Crippen LogP) is 3.72. The molecule has 2 aromatic carbocycles. The van der Waals surface area contributed by atoms with E-state index in [2.05, 4.69) is 9.97 Å². The molecule has 246 valence electrons. The Morgan fingerprint density at radius 1 is 1.02 bits per heavy atom. The zero-order chi connectivity index (χ0) is 33.6. The smallest absolute Gasteiger partial charge is 0.422 e. The molecule has 0 saturated heterocycles. The van der Waals surface area contributed by atoms with Crippen LogP contribution in [0.1, 0.15) is 24.6 Å². The summed E-state index contributed by atoms with van der Waals surface area (Å²) in [4.78, 5) is 19.5. The maximum absolute atomic E-state index is 14.2. The van der Waals surface area contributed by atoms with Crippen LogP contribution in [-0.4, -0.2) is 58.5 Å². The topological polar surface area (TPSA) is 179 Å². The third-order valence-electron chi connectivity index (χ3n) is 6.30. The van der Waals surface area contributed by atoms with Crippen LogP contribution < -0.4 is 25.7 Å². The van der Waals surface area contributed by atoms with Crippen LogP contribution in [0.15, 0.2) is 76.6 Å². The summed E-state index contributed by atoms with van der Waals surface area (Å²) in [6.45, 7) is 1.17. The standard InChI is InChI=1S/C29H30F3N5O7S2/c1-3-6-19(33)14-42-26-13-20(9-10-25(26)43-15-27(34)38)46(40,41)37-23-8-5-4-7-21(23)36-28(37)45(39)16-22-18(2)24(11-12-35-22)44-17-29(30,31)32/h4-13H,3,14-17,33H2,1-2H3,(H2,34,38)/b19-6+. The molecule has 0 fully saturated rings. The van der Waals surface area contributed by atoms with E-state index in [0.717, 1.165) is 3.97 Å². The molecule has 4 rings (SSSR count). The van der Waals surface area contributed by atoms with Crippen LogP contribution in [0.25, 0.3) is 11.0 Å². The number of pyridine rings is 1. The van der Waals surface area contributed by atoms with E-state index in [1.807, 2.05) is 6.92 Å². The summed E-state index contributed by atoms with van der Waals surface area (Å²) < 4.78 is 97.2. The molecule has 0 aliphatic rings. The lowest BCUT2D eigenvalue weighted by atomic mass is 10.2. The number of carbonyl (C=O) groups excluding carboxylic acids is 1. The summed E-state index contributed by atoms with van der Waals surface area (Å²) in [5.41, 5.74) is 12.2. The van der Waals surface area contributed by atoms with E-state index in [1.165, 1.54) is 49.5 Å². The Kier molecular flexibility index (Phi) is 10.6. The second-order valence-electron chi connectivity index (χ2n) is 9.77. The van der Waals surface area contributed by atoms with Crippen molar-refractivity contribution in [2.45, 2.75) is 42.2 Å². The van der Waals surface area contributed by atoms with Gasteiger partial charge >= 0.3 is 6.18 Å². The van der Waals surface area contributed by atoms with Crippen LogP contribution in [0.3, 0.4) is 0 Å². The zero-order valence-electron chi connectivity index (χ0n) is 24.6. The minimum atomic E-state index is -4.58. The number of aromatic nitrogens is 3. The van der Waals surface area contributed by atoms with E-state index in [-0.39, 0.29) is 62.0 Å². The largest absolute Gasteiger partial charge is 0.484 e. The van der Waals surface area contributed by atoms with Crippen molar-refractivity contribution >= 4 is 37.8 Å². The molecule has 46 heavy (non-hydrogen) atoms. The Balaban J connectivity index is 1.76. The van der Waals surface area contributed by atoms with Gasteiger partial charge in [0.15, 0.2) is 24.7 Å². The van der Waals surface area contributed by atoms with Crippen LogP contribution in [0.4, 0.5) is 13.2 Å². The number of carbonyl (C=O) groups is 1. The fourth-order valence-electron chi connectivity index (χ4n) is 4.18. The van der Waals surface area contributed by atoms with Crippen molar-refractivity contribution in [2.75, 3.05) is 19.8 Å². The lowest BCUT2D eigenvalue weighted by molar-refractivity contribution is -0.153. The van der Waals surface area contributed by atoms with Crippen molar-refractivity contribution in [1.82, 2.24) is 13.9 Å². The molecule has 2 heterocycles. The lowest BCUT2D eigenvalue weighted by Crippen LogP contribution is -2.21. The SMILES string of the molecule is CC/C=C(/N)COc1cc(S(=O)(=O)n2c(S(=O)Cc3nccc(OCC(F)(F)F)c3C)nc3ccccc32)ccc1OCC(N)=O. The number of rotatable bonds is 14. The molecule has 4 N–H and O–H groups in total. The van der Waals surface area contributed by atoms with Gasteiger partial charge in [-0.25, -0.2) is 17.4 Å². The maximum Gasteiger partial charge on any atom is 0.422 e. The first-order valence-electron chi connectivity index (χ1n) is 13.6.